The summed E-state index contributed by atoms with van der Waals surface area (Å²) < 4.78 is 15.5. The fraction of sp³-hybridized carbons (Fsp3) is 0.984. The first-order chi connectivity index (χ1) is 69.5. The van der Waals surface area contributed by atoms with Crippen molar-refractivity contribution in [2.24, 2.45) is 75.9 Å². The van der Waals surface area contributed by atoms with Crippen molar-refractivity contribution < 1.29 is 14.2 Å². The van der Waals surface area contributed by atoms with Crippen molar-refractivity contribution in [1.82, 2.24) is 96.9 Å². The van der Waals surface area contributed by atoms with E-state index in [-0.39, 0.29) is 0 Å². The van der Waals surface area contributed by atoms with Gasteiger partial charge in [0.15, 0.2) is 0 Å². The van der Waals surface area contributed by atoms with Gasteiger partial charge in [-0.3, -0.25) is 24.5 Å². The third-order valence-corrected chi connectivity index (χ3v) is 38.1. The van der Waals surface area contributed by atoms with E-state index >= 15 is 0 Å². The van der Waals surface area contributed by atoms with Crippen LogP contribution in [0.1, 0.15) is 350 Å². The molecule has 0 aromatic heterocycles. The maximum absolute atomic E-state index is 5.25. The Kier molecular flexibility index (Phi) is 64.9. The molecule has 23 aliphatic heterocycles. The first-order valence-corrected chi connectivity index (χ1v) is 64.0. The molecule has 0 aromatic carbocycles. The van der Waals surface area contributed by atoms with Crippen LogP contribution in [-0.4, -0.2) is 406 Å². The second-order valence-electron chi connectivity index (χ2n) is 53.7. The Balaban J connectivity index is 0.000000212. The fourth-order valence-corrected chi connectivity index (χ4v) is 25.2. The first kappa shape index (κ1) is 132. The number of nitrogens with zero attached hydrogens (tertiary/aromatic N) is 10. The third kappa shape index (κ3) is 50.7. The number of rotatable bonds is 16. The van der Waals surface area contributed by atoms with Gasteiger partial charge in [-0.05, 0) is 422 Å². The number of nitrogens with one attached hydrogen (secondary N) is 9. The van der Waals surface area contributed by atoms with E-state index in [0.29, 0.717) is 22.9 Å². The minimum absolute atomic E-state index is 0.689. The Morgan fingerprint density at radius 2 is 0.623 bits per heavy atom. The number of hydrogen-bond donors (Lipinski definition) is 9. The molecule has 22 saturated heterocycles. The van der Waals surface area contributed by atoms with Crippen molar-refractivity contribution in [2.75, 3.05) is 248 Å². The second-order valence-corrected chi connectivity index (χ2v) is 55.2. The Morgan fingerprint density at radius 1 is 0.274 bits per heavy atom. The highest BCUT2D eigenvalue weighted by atomic mass is 31.1. The molecule has 0 radical (unpaired) electrons. The lowest BCUT2D eigenvalue weighted by Gasteiger charge is -2.57. The van der Waals surface area contributed by atoms with Gasteiger partial charge in [-0.1, -0.05) is 94.7 Å². The number of hydrogen-bond acceptors (Lipinski definition) is 22. The summed E-state index contributed by atoms with van der Waals surface area (Å²) in [5, 5.41) is 31.1. The maximum Gasteiger partial charge on any atom is 0.0594 e. The summed E-state index contributed by atoms with van der Waals surface area (Å²) in [4.78, 5) is 25.3. The Morgan fingerprint density at radius 3 is 0.925 bits per heavy atom. The van der Waals surface area contributed by atoms with Crippen LogP contribution < -0.4 is 47.9 Å². The Hall–Kier alpha value is -0.710. The molecular formula is C123H252N19O3P. The normalized spacial score (nSPS) is 28.8. The van der Waals surface area contributed by atoms with Crippen LogP contribution >= 0.6 is 8.58 Å². The number of piperidine rings is 4. The van der Waals surface area contributed by atoms with Gasteiger partial charge in [-0.25, -0.2) is 0 Å². The van der Waals surface area contributed by atoms with Gasteiger partial charge < -0.3 is 86.6 Å². The van der Waals surface area contributed by atoms with Crippen molar-refractivity contribution in [2.45, 2.75) is 459 Å². The number of likely N-dealkylation sites (tertiary alicyclic amines) is 6. The van der Waals surface area contributed by atoms with E-state index in [1.807, 2.05) is 0 Å². The van der Waals surface area contributed by atoms with Gasteiger partial charge in [0.05, 0.1) is 26.4 Å². The summed E-state index contributed by atoms with van der Waals surface area (Å²) >= 11 is 0. The SMILES string of the molecule is CC(C)C1=CC2CCC(C1)N2.CC(C)C1CC2CCC(C1)N2.CC(C)C1CCNCC1.CC(C)C1CCOCC1.CC(C)C1CNC1.CC(C)C1COC1.CC(C)N1CC2(CNC2)C1.CC(C)N1CC2CC(C1)N2.CC(C)N1CC2CCC(C1)N2.CC(C)N1CCC1.CC(C)N1CCC1.CC(C)N1CCC2(CC1)CNC2.CC(C)N1CCCC1.CC(C)N1CCNCC1.CC(C)N1CCOCC1.CC(C)N1CCPCC1. The summed E-state index contributed by atoms with van der Waals surface area (Å²) in [6.45, 7) is 117. The zero-order chi connectivity index (χ0) is 107. The molecule has 23 aliphatic rings. The lowest BCUT2D eigenvalue weighted by Crippen LogP contribution is -2.72. The van der Waals surface area contributed by atoms with Crippen LogP contribution in [0.5, 0.6) is 0 Å². The van der Waals surface area contributed by atoms with Crippen LogP contribution in [0.3, 0.4) is 0 Å². The fourth-order valence-electron chi connectivity index (χ4n) is 24.1. The monoisotopic (exact) mass is 2070 g/mol. The van der Waals surface area contributed by atoms with E-state index in [1.54, 1.807) is 5.57 Å². The minimum Gasteiger partial charge on any atom is -0.381 e. The van der Waals surface area contributed by atoms with Crippen molar-refractivity contribution in [3.05, 3.63) is 11.6 Å². The average Bonchev–Trinajstić information content (AvgIpc) is 1.20. The minimum atomic E-state index is 0.689. The number of piperazine rings is 3. The molecule has 8 atom stereocenters. The summed E-state index contributed by atoms with van der Waals surface area (Å²) in [7, 11) is 1.24. The van der Waals surface area contributed by atoms with Crippen molar-refractivity contribution in [3.8, 4) is 0 Å². The van der Waals surface area contributed by atoms with Gasteiger partial charge >= 0.3 is 0 Å². The van der Waals surface area contributed by atoms with E-state index in [4.69, 9.17) is 14.2 Å². The molecular weight excluding hydrogens is 1820 g/mol. The highest BCUT2D eigenvalue weighted by Gasteiger charge is 2.48. The molecule has 23 heterocycles. The van der Waals surface area contributed by atoms with Gasteiger partial charge in [0.25, 0.3) is 0 Å². The Labute approximate surface area is 908 Å². The van der Waals surface area contributed by atoms with E-state index in [9.17, 15) is 0 Å². The zero-order valence-electron chi connectivity index (χ0n) is 103. The lowest BCUT2D eigenvalue weighted by molar-refractivity contribution is -0.0569. The quantitative estimate of drug-likeness (QED) is 0.0528. The summed E-state index contributed by atoms with van der Waals surface area (Å²) in [5.74, 6) is 9.90. The topological polar surface area (TPSA) is 168 Å². The molecule has 8 bridgehead atoms. The molecule has 8 unspecified atom stereocenters. The smallest absolute Gasteiger partial charge is 0.0594 e. The molecule has 146 heavy (non-hydrogen) atoms. The van der Waals surface area contributed by atoms with E-state index in [1.165, 1.54) is 319 Å². The summed E-state index contributed by atoms with van der Waals surface area (Å²) in [6.07, 6.45) is 33.2. The first-order valence-electron chi connectivity index (χ1n) is 62.6. The van der Waals surface area contributed by atoms with Crippen LogP contribution in [0.2, 0.25) is 0 Å². The second kappa shape index (κ2) is 71.7. The number of morpholine rings is 1. The van der Waals surface area contributed by atoms with Crippen LogP contribution in [0, 0.1) is 75.9 Å². The van der Waals surface area contributed by atoms with Gasteiger partial charge in [0, 0.05) is 251 Å². The van der Waals surface area contributed by atoms with Crippen molar-refractivity contribution in [1.29, 1.82) is 0 Å². The van der Waals surface area contributed by atoms with Crippen molar-refractivity contribution >= 4 is 8.58 Å². The zero-order valence-corrected chi connectivity index (χ0v) is 104. The van der Waals surface area contributed by atoms with Gasteiger partial charge in [0.2, 0.25) is 0 Å². The van der Waals surface area contributed by atoms with Gasteiger partial charge in [0.1, 0.15) is 0 Å². The predicted octanol–water partition coefficient (Wildman–Crippen LogP) is 18.9. The average molecular weight is 2080 g/mol. The van der Waals surface area contributed by atoms with E-state index in [0.717, 1.165) is 228 Å². The molecule has 2 spiro atoms. The third-order valence-electron chi connectivity index (χ3n) is 37.0. The van der Waals surface area contributed by atoms with E-state index < -0.39 is 0 Å². The molecule has 0 aromatic rings. The van der Waals surface area contributed by atoms with Crippen LogP contribution in [0.25, 0.3) is 0 Å². The molecule has 0 saturated carbocycles. The van der Waals surface area contributed by atoms with Crippen molar-refractivity contribution in [3.63, 3.8) is 0 Å². The van der Waals surface area contributed by atoms with Gasteiger partial charge in [-0.2, -0.15) is 0 Å². The molecule has 23 heteroatoms. The number of fused-ring (bicyclic) bond motifs is 8. The Bertz CT molecular complexity index is 2920. The standard InChI is InChI=1S/C10H20N2.C10H19N.C10H17N.C9H18N2.2C8H16N2.C8H17N.C8H16O.C7H16N2.C7H15NO.C7H16NP.C7H15N.3C6H13N.C6H12O/c1-9(2)12-5-3-10(4-6-12)7-11-8-10;2*1-7(2)8-5-9-3-4-10(6-8)11-9;1-7(2)11-5-8-3-4-9(6-11)10-8;1-7(2)10-5-8(6-10)3-9-4-8;1-6(2)10-4-7-3-8(5-10)9-7;2*1-7(2)8-3-5-9-6-4-8;1-7(2)9-5-3-8-4-6-9;2*1-7(2)8-3-5-9-6-4-8;1-7(2)8-5-3-4-6-8;1-5(2)6-3-7-4-6;2*1-6(2)7-4-3-5-7;1-5(2)6-3-7-4-6/h9,11H,3-8H2,1-2H3;7-11H,3-6H2,1-2H3;5,7,9-11H,3-4,6H2,1-2H3;7-10H,3-6H2,1-2H3;7,9H,3-6H2,1-2H3;6-9H,3-5H2,1-2H3;7-9H,3-6H2,1-2H3;2*7-8H,3-6H2,1-2H3;7H,3-6H2,1-2H3;7,9H,3-6H2,1-2H3;7H,3-6H2,1-2H3;5-7H,3-4H2,1-2H3;2*6H,3-5H2,1-2H3;5-6H,3-4H2,1-2H3. The molecule has 0 aliphatic carbocycles. The molecule has 22 fully saturated rings. The van der Waals surface area contributed by atoms with Crippen LogP contribution in [-0.2, 0) is 14.2 Å². The molecule has 9 N–H and O–H groups in total. The molecule has 0 amide bonds. The molecule has 22 nitrogen and oxygen atoms in total. The number of ether oxygens (including phenoxy) is 3. The lowest BCUT2D eigenvalue weighted by atomic mass is 9.73. The maximum atomic E-state index is 5.25. The highest BCUT2D eigenvalue weighted by molar-refractivity contribution is 7.38. The molecule has 23 rings (SSSR count). The summed E-state index contributed by atoms with van der Waals surface area (Å²) in [6, 6.07) is 14.0. The van der Waals surface area contributed by atoms with Gasteiger partial charge in [-0.15, -0.1) is 8.58 Å². The van der Waals surface area contributed by atoms with E-state index in [2.05, 4.69) is 324 Å². The predicted molar refractivity (Wildman–Crippen MR) is 637 cm³/mol. The molecule has 862 valence electrons. The summed E-state index contributed by atoms with van der Waals surface area (Å²) in [5.41, 5.74) is 3.10. The largest absolute Gasteiger partial charge is 0.381 e. The van der Waals surface area contributed by atoms with Crippen LogP contribution in [0.4, 0.5) is 0 Å². The van der Waals surface area contributed by atoms with Crippen LogP contribution in [0.15, 0.2) is 11.6 Å². The highest BCUT2D eigenvalue weighted by Crippen LogP contribution is 2.39.